The summed E-state index contributed by atoms with van der Waals surface area (Å²) < 4.78 is 3.20. The molecular formula is C9H16BrN3. The fourth-order valence-electron chi connectivity index (χ4n) is 1.31. The average Bonchev–Trinajstić information content (AvgIpc) is 2.36. The maximum Gasteiger partial charge on any atom is 0.109 e. The summed E-state index contributed by atoms with van der Waals surface area (Å²) in [5.41, 5.74) is 1.09. The highest BCUT2D eigenvalue weighted by atomic mass is 79.9. The van der Waals surface area contributed by atoms with E-state index < -0.39 is 0 Å². The van der Waals surface area contributed by atoms with E-state index in [0.29, 0.717) is 0 Å². The van der Waals surface area contributed by atoms with Gasteiger partial charge >= 0.3 is 0 Å². The van der Waals surface area contributed by atoms with Crippen molar-refractivity contribution in [3.63, 3.8) is 0 Å². The predicted molar refractivity (Wildman–Crippen MR) is 57.7 cm³/mol. The molecular weight excluding hydrogens is 230 g/mol. The van der Waals surface area contributed by atoms with Crippen LogP contribution in [0.2, 0.25) is 0 Å². The normalized spacial score (nSPS) is 10.8. The van der Waals surface area contributed by atoms with E-state index >= 15 is 0 Å². The van der Waals surface area contributed by atoms with Gasteiger partial charge in [0.15, 0.2) is 0 Å². The molecule has 0 aliphatic heterocycles. The molecule has 0 atom stereocenters. The molecule has 0 saturated carbocycles. The average molecular weight is 246 g/mol. The minimum atomic E-state index is 0.818. The Hall–Kier alpha value is -0.350. The van der Waals surface area contributed by atoms with E-state index in [9.17, 15) is 0 Å². The predicted octanol–water partition coefficient (Wildman–Crippen LogP) is 1.85. The van der Waals surface area contributed by atoms with Crippen LogP contribution in [0.15, 0.2) is 4.60 Å². The van der Waals surface area contributed by atoms with Gasteiger partial charge in [-0.3, -0.25) is 0 Å². The fraction of sp³-hybridized carbons (Fsp3) is 0.667. The minimum absolute atomic E-state index is 0.818. The molecule has 3 nitrogen and oxygen atoms in total. The first-order valence-corrected chi connectivity index (χ1v) is 5.34. The zero-order valence-electron chi connectivity index (χ0n) is 8.39. The molecule has 0 aromatic carbocycles. The van der Waals surface area contributed by atoms with Crippen LogP contribution in [-0.2, 0) is 20.0 Å². The maximum atomic E-state index is 4.54. The molecule has 1 N–H and O–H groups in total. The number of nitrogens with zero attached hydrogens (tertiary/aromatic N) is 2. The van der Waals surface area contributed by atoms with E-state index in [0.717, 1.165) is 35.5 Å². The van der Waals surface area contributed by atoms with Gasteiger partial charge in [0.1, 0.15) is 10.4 Å². The number of nitrogens with one attached hydrogen (secondary N) is 1. The number of aryl methyl sites for hydroxylation is 1. The molecule has 0 spiro atoms. The van der Waals surface area contributed by atoms with Gasteiger partial charge in [-0.15, -0.1) is 0 Å². The smallest absolute Gasteiger partial charge is 0.109 e. The van der Waals surface area contributed by atoms with Crippen molar-refractivity contribution in [3.05, 3.63) is 16.1 Å². The summed E-state index contributed by atoms with van der Waals surface area (Å²) in [6.07, 6.45) is 2.18. The lowest BCUT2D eigenvalue weighted by Crippen LogP contribution is -2.06. The van der Waals surface area contributed by atoms with Crippen LogP contribution >= 0.6 is 15.9 Å². The van der Waals surface area contributed by atoms with E-state index in [4.69, 9.17) is 0 Å². The number of hydrogen-bond donors (Lipinski definition) is 1. The number of rotatable bonds is 4. The second-order valence-corrected chi connectivity index (χ2v) is 3.86. The first kappa shape index (κ1) is 10.7. The number of imidazole rings is 1. The lowest BCUT2D eigenvalue weighted by Gasteiger charge is -1.99. The number of hydrogen-bond acceptors (Lipinski definition) is 2. The molecule has 0 aliphatic carbocycles. The molecule has 74 valence electrons. The van der Waals surface area contributed by atoms with Gasteiger partial charge in [-0.05, 0) is 29.4 Å². The Balaban J connectivity index is 2.90. The molecule has 0 unspecified atom stereocenters. The van der Waals surface area contributed by atoms with Crippen molar-refractivity contribution in [2.45, 2.75) is 26.3 Å². The number of aromatic nitrogens is 2. The Morgan fingerprint density at radius 2 is 2.23 bits per heavy atom. The summed E-state index contributed by atoms with van der Waals surface area (Å²) in [4.78, 5) is 4.54. The summed E-state index contributed by atoms with van der Waals surface area (Å²) >= 11 is 3.53. The largest absolute Gasteiger partial charge is 0.326 e. The molecule has 0 saturated heterocycles. The van der Waals surface area contributed by atoms with Crippen LogP contribution in [0.1, 0.15) is 24.9 Å². The monoisotopic (exact) mass is 245 g/mol. The Morgan fingerprint density at radius 3 is 2.77 bits per heavy atom. The lowest BCUT2D eigenvalue weighted by atomic mass is 10.3. The SMILES string of the molecule is CCCc1nc(CNC)c(Br)n1C. The molecule has 1 heterocycles. The highest BCUT2D eigenvalue weighted by Crippen LogP contribution is 2.17. The molecule has 1 rings (SSSR count). The van der Waals surface area contributed by atoms with E-state index in [1.807, 2.05) is 14.1 Å². The highest BCUT2D eigenvalue weighted by molar-refractivity contribution is 9.10. The summed E-state index contributed by atoms with van der Waals surface area (Å²) in [6, 6.07) is 0. The zero-order chi connectivity index (χ0) is 9.84. The first-order valence-electron chi connectivity index (χ1n) is 4.55. The summed E-state index contributed by atoms with van der Waals surface area (Å²) in [6.45, 7) is 2.98. The van der Waals surface area contributed by atoms with Crippen molar-refractivity contribution in [1.82, 2.24) is 14.9 Å². The Morgan fingerprint density at radius 1 is 1.54 bits per heavy atom. The van der Waals surface area contributed by atoms with E-state index in [2.05, 4.69) is 37.7 Å². The number of halogens is 1. The molecule has 1 aromatic heterocycles. The Labute approximate surface area is 87.7 Å². The van der Waals surface area contributed by atoms with Gasteiger partial charge in [0, 0.05) is 20.0 Å². The molecule has 0 amide bonds. The third-order valence-corrected chi connectivity index (χ3v) is 2.99. The molecule has 0 fully saturated rings. The molecule has 13 heavy (non-hydrogen) atoms. The van der Waals surface area contributed by atoms with Crippen molar-refractivity contribution in [3.8, 4) is 0 Å². The maximum absolute atomic E-state index is 4.54. The van der Waals surface area contributed by atoms with Gasteiger partial charge in [0.05, 0.1) is 5.69 Å². The minimum Gasteiger partial charge on any atom is -0.326 e. The molecule has 1 aromatic rings. The van der Waals surface area contributed by atoms with Crippen LogP contribution in [0.25, 0.3) is 0 Å². The van der Waals surface area contributed by atoms with Gasteiger partial charge in [0.25, 0.3) is 0 Å². The van der Waals surface area contributed by atoms with E-state index in [1.54, 1.807) is 0 Å². The van der Waals surface area contributed by atoms with Crippen molar-refractivity contribution in [2.24, 2.45) is 7.05 Å². The standard InChI is InChI=1S/C9H16BrN3/c1-4-5-8-12-7(6-11-2)9(10)13(8)3/h11H,4-6H2,1-3H3. The molecule has 0 radical (unpaired) electrons. The third-order valence-electron chi connectivity index (χ3n) is 2.00. The highest BCUT2D eigenvalue weighted by Gasteiger charge is 2.10. The van der Waals surface area contributed by atoms with Crippen LogP contribution in [-0.4, -0.2) is 16.6 Å². The summed E-state index contributed by atoms with van der Waals surface area (Å²) in [5.74, 6) is 1.15. The summed E-state index contributed by atoms with van der Waals surface area (Å²) in [7, 11) is 3.97. The van der Waals surface area contributed by atoms with E-state index in [1.165, 1.54) is 0 Å². The van der Waals surface area contributed by atoms with Crippen molar-refractivity contribution in [1.29, 1.82) is 0 Å². The molecule has 4 heteroatoms. The van der Waals surface area contributed by atoms with Gasteiger partial charge < -0.3 is 9.88 Å². The second-order valence-electron chi connectivity index (χ2n) is 3.10. The van der Waals surface area contributed by atoms with Crippen molar-refractivity contribution >= 4 is 15.9 Å². The van der Waals surface area contributed by atoms with Crippen LogP contribution in [0.4, 0.5) is 0 Å². The van der Waals surface area contributed by atoms with Crippen LogP contribution in [0.3, 0.4) is 0 Å². The van der Waals surface area contributed by atoms with Gasteiger partial charge in [0.2, 0.25) is 0 Å². The lowest BCUT2D eigenvalue weighted by molar-refractivity contribution is 0.749. The van der Waals surface area contributed by atoms with Crippen molar-refractivity contribution in [2.75, 3.05) is 7.05 Å². The Kier molecular flexibility index (Phi) is 3.93. The molecule has 0 bridgehead atoms. The van der Waals surface area contributed by atoms with E-state index in [-0.39, 0.29) is 0 Å². The topological polar surface area (TPSA) is 29.9 Å². The summed E-state index contributed by atoms with van der Waals surface area (Å²) in [5, 5.41) is 3.10. The van der Waals surface area contributed by atoms with Crippen LogP contribution < -0.4 is 5.32 Å². The van der Waals surface area contributed by atoms with Gasteiger partial charge in [-0.2, -0.15) is 0 Å². The third kappa shape index (κ3) is 2.31. The van der Waals surface area contributed by atoms with Crippen LogP contribution in [0.5, 0.6) is 0 Å². The fourth-order valence-corrected chi connectivity index (χ4v) is 1.74. The Bertz CT molecular complexity index is 254. The van der Waals surface area contributed by atoms with Gasteiger partial charge in [-0.25, -0.2) is 4.98 Å². The zero-order valence-corrected chi connectivity index (χ0v) is 9.98. The van der Waals surface area contributed by atoms with Gasteiger partial charge in [-0.1, -0.05) is 6.92 Å². The quantitative estimate of drug-likeness (QED) is 0.878. The second kappa shape index (κ2) is 4.77. The molecule has 0 aliphatic rings. The first-order chi connectivity index (χ1) is 6.20. The van der Waals surface area contributed by atoms with Crippen molar-refractivity contribution < 1.29 is 0 Å². The van der Waals surface area contributed by atoms with Crippen LogP contribution in [0, 0.1) is 0 Å².